The van der Waals surface area contributed by atoms with E-state index in [2.05, 4.69) is 10.6 Å². The lowest BCUT2D eigenvalue weighted by Crippen LogP contribution is -2.43. The van der Waals surface area contributed by atoms with Crippen molar-refractivity contribution in [1.82, 2.24) is 5.32 Å². The van der Waals surface area contributed by atoms with Crippen LogP contribution in [0.3, 0.4) is 0 Å². The van der Waals surface area contributed by atoms with Crippen molar-refractivity contribution >= 4 is 11.4 Å². The highest BCUT2D eigenvalue weighted by atomic mass is 16.6. The average Bonchev–Trinajstić information content (AvgIpc) is 2.71. The highest BCUT2D eigenvalue weighted by molar-refractivity contribution is 5.56. The molecule has 2 aliphatic heterocycles. The van der Waals surface area contributed by atoms with E-state index in [1.54, 1.807) is 12.1 Å². The highest BCUT2D eigenvalue weighted by Crippen LogP contribution is 2.30. The zero-order valence-corrected chi connectivity index (χ0v) is 11.1. The lowest BCUT2D eigenvalue weighted by atomic mass is 9.99. The number of hydrogen-bond donors (Lipinski definition) is 2. The number of non-ortho nitro benzene ring substituents is 1. The Bertz CT molecular complexity index is 491. The van der Waals surface area contributed by atoms with Crippen LogP contribution in [0.5, 0.6) is 0 Å². The second kappa shape index (κ2) is 4.81. The van der Waals surface area contributed by atoms with E-state index in [-0.39, 0.29) is 10.6 Å². The lowest BCUT2D eigenvalue weighted by molar-refractivity contribution is -0.384. The first-order valence-corrected chi connectivity index (χ1v) is 6.89. The maximum atomic E-state index is 10.7. The van der Waals surface area contributed by atoms with Gasteiger partial charge in [-0.3, -0.25) is 10.1 Å². The number of nitrogens with one attached hydrogen (secondary N) is 2. The molecule has 3 rings (SSSR count). The van der Waals surface area contributed by atoms with Gasteiger partial charge in [0.05, 0.1) is 4.92 Å². The summed E-state index contributed by atoms with van der Waals surface area (Å²) >= 11 is 0. The van der Waals surface area contributed by atoms with Crippen molar-refractivity contribution in [2.24, 2.45) is 0 Å². The normalized spacial score (nSPS) is 29.2. The van der Waals surface area contributed by atoms with Gasteiger partial charge in [0.25, 0.3) is 5.69 Å². The number of nitro groups is 1. The summed E-state index contributed by atoms with van der Waals surface area (Å²) in [5.74, 6) is 0. The molecule has 2 N–H and O–H groups in total. The summed E-state index contributed by atoms with van der Waals surface area (Å²) in [6, 6.07) is 6.82. The van der Waals surface area contributed by atoms with Gasteiger partial charge in [-0.2, -0.15) is 0 Å². The van der Waals surface area contributed by atoms with Crippen LogP contribution in [0.15, 0.2) is 18.2 Å². The quantitative estimate of drug-likeness (QED) is 0.648. The predicted molar refractivity (Wildman–Crippen MR) is 74.4 cm³/mol. The molecule has 0 aromatic heterocycles. The number of fused-ring (bicyclic) bond motifs is 2. The number of benzene rings is 1. The lowest BCUT2D eigenvalue weighted by Gasteiger charge is -2.30. The average molecular weight is 261 g/mol. The van der Waals surface area contributed by atoms with Gasteiger partial charge >= 0.3 is 0 Å². The van der Waals surface area contributed by atoms with E-state index >= 15 is 0 Å². The zero-order chi connectivity index (χ0) is 13.4. The summed E-state index contributed by atoms with van der Waals surface area (Å²) in [6.45, 7) is 1.92. The fourth-order valence-electron chi connectivity index (χ4n) is 3.32. The molecule has 2 aliphatic rings. The molecule has 1 aromatic rings. The van der Waals surface area contributed by atoms with Crippen molar-refractivity contribution < 1.29 is 4.92 Å². The Labute approximate surface area is 112 Å². The fourth-order valence-corrected chi connectivity index (χ4v) is 3.32. The summed E-state index contributed by atoms with van der Waals surface area (Å²) in [7, 11) is 0. The van der Waals surface area contributed by atoms with Crippen molar-refractivity contribution in [3.63, 3.8) is 0 Å². The molecule has 0 radical (unpaired) electrons. The van der Waals surface area contributed by atoms with Gasteiger partial charge in [-0.05, 0) is 44.2 Å². The predicted octanol–water partition coefficient (Wildman–Crippen LogP) is 2.60. The Balaban J connectivity index is 1.71. The Morgan fingerprint density at radius 2 is 2.00 bits per heavy atom. The number of piperidine rings is 1. The number of nitro benzene ring substituents is 1. The highest BCUT2D eigenvalue weighted by Gasteiger charge is 2.33. The number of aryl methyl sites for hydroxylation is 1. The van der Waals surface area contributed by atoms with Crippen LogP contribution in [0.2, 0.25) is 0 Å². The van der Waals surface area contributed by atoms with E-state index < -0.39 is 0 Å². The van der Waals surface area contributed by atoms with E-state index in [1.807, 2.05) is 13.0 Å². The summed E-state index contributed by atoms with van der Waals surface area (Å²) in [6.07, 6.45) is 4.85. The van der Waals surface area contributed by atoms with Crippen molar-refractivity contribution in [3.05, 3.63) is 33.9 Å². The molecule has 0 amide bonds. The molecule has 0 spiro atoms. The van der Waals surface area contributed by atoms with Crippen LogP contribution in [0.1, 0.15) is 31.2 Å². The molecular weight excluding hydrogens is 242 g/mol. The number of anilines is 1. The summed E-state index contributed by atoms with van der Waals surface area (Å²) in [5.41, 5.74) is 2.13. The molecule has 1 unspecified atom stereocenters. The van der Waals surface area contributed by atoms with Crippen LogP contribution in [-0.2, 0) is 0 Å². The minimum absolute atomic E-state index is 0.161. The van der Waals surface area contributed by atoms with Crippen molar-refractivity contribution in [1.29, 1.82) is 0 Å². The maximum Gasteiger partial charge on any atom is 0.269 e. The Morgan fingerprint density at radius 1 is 1.32 bits per heavy atom. The molecule has 3 atom stereocenters. The standard InChI is InChI=1S/C14H19N3O2/c1-9-6-13(17(18)19)4-5-14(9)16-12-7-10-2-3-11(8-12)15-10/h4-6,10-12,15-16H,2-3,7-8H2,1H3/t10-,11+,12?. The van der Waals surface area contributed by atoms with E-state index in [9.17, 15) is 10.1 Å². The monoisotopic (exact) mass is 261 g/mol. The van der Waals surface area contributed by atoms with Crippen LogP contribution >= 0.6 is 0 Å². The third-order valence-corrected chi connectivity index (χ3v) is 4.25. The van der Waals surface area contributed by atoms with E-state index in [1.165, 1.54) is 12.8 Å². The Morgan fingerprint density at radius 3 is 2.58 bits per heavy atom. The number of rotatable bonds is 3. The van der Waals surface area contributed by atoms with Gasteiger partial charge in [-0.15, -0.1) is 0 Å². The number of nitrogens with zero attached hydrogens (tertiary/aromatic N) is 1. The second-order valence-corrected chi connectivity index (χ2v) is 5.71. The van der Waals surface area contributed by atoms with Crippen LogP contribution in [0.4, 0.5) is 11.4 Å². The van der Waals surface area contributed by atoms with Crippen LogP contribution in [0.25, 0.3) is 0 Å². The molecule has 102 valence electrons. The molecule has 19 heavy (non-hydrogen) atoms. The minimum Gasteiger partial charge on any atom is -0.382 e. The van der Waals surface area contributed by atoms with Crippen molar-refractivity contribution in [2.75, 3.05) is 5.32 Å². The van der Waals surface area contributed by atoms with Crippen LogP contribution in [0, 0.1) is 17.0 Å². The Hall–Kier alpha value is -1.62. The third kappa shape index (κ3) is 2.56. The van der Waals surface area contributed by atoms with Crippen LogP contribution < -0.4 is 10.6 Å². The molecule has 0 saturated carbocycles. The fraction of sp³-hybridized carbons (Fsp3) is 0.571. The first kappa shape index (κ1) is 12.4. The summed E-state index contributed by atoms with van der Waals surface area (Å²) in [5, 5.41) is 17.9. The van der Waals surface area contributed by atoms with Gasteiger partial charge in [0.1, 0.15) is 0 Å². The van der Waals surface area contributed by atoms with Gasteiger partial charge in [0, 0.05) is 35.9 Å². The van der Waals surface area contributed by atoms with E-state index in [4.69, 9.17) is 0 Å². The first-order chi connectivity index (χ1) is 9.11. The Kier molecular flexibility index (Phi) is 3.14. The van der Waals surface area contributed by atoms with Crippen molar-refractivity contribution in [2.45, 2.75) is 50.7 Å². The molecule has 2 fully saturated rings. The second-order valence-electron chi connectivity index (χ2n) is 5.71. The minimum atomic E-state index is -0.346. The van der Waals surface area contributed by atoms with Gasteiger partial charge in [0.15, 0.2) is 0 Å². The SMILES string of the molecule is Cc1cc([N+](=O)[O-])ccc1NC1C[C@H]2CC[C@@H](C1)N2. The number of hydrogen-bond acceptors (Lipinski definition) is 4. The van der Waals surface area contributed by atoms with Crippen LogP contribution in [-0.4, -0.2) is 23.0 Å². The molecule has 2 heterocycles. The van der Waals surface area contributed by atoms with Gasteiger partial charge < -0.3 is 10.6 Å². The van der Waals surface area contributed by atoms with Gasteiger partial charge in [-0.25, -0.2) is 0 Å². The van der Waals surface area contributed by atoms with E-state index in [0.29, 0.717) is 18.1 Å². The zero-order valence-electron chi connectivity index (χ0n) is 11.1. The third-order valence-electron chi connectivity index (χ3n) is 4.25. The molecule has 1 aromatic carbocycles. The topological polar surface area (TPSA) is 67.2 Å². The largest absolute Gasteiger partial charge is 0.382 e. The first-order valence-electron chi connectivity index (χ1n) is 6.89. The maximum absolute atomic E-state index is 10.7. The van der Waals surface area contributed by atoms with E-state index in [0.717, 1.165) is 24.1 Å². The molecule has 5 nitrogen and oxygen atoms in total. The van der Waals surface area contributed by atoms with Crippen molar-refractivity contribution in [3.8, 4) is 0 Å². The van der Waals surface area contributed by atoms with Gasteiger partial charge in [0.2, 0.25) is 0 Å². The molecular formula is C14H19N3O2. The summed E-state index contributed by atoms with van der Waals surface area (Å²) in [4.78, 5) is 10.4. The molecule has 2 bridgehead atoms. The van der Waals surface area contributed by atoms with Gasteiger partial charge in [-0.1, -0.05) is 0 Å². The molecule has 2 saturated heterocycles. The molecule has 0 aliphatic carbocycles. The molecule has 5 heteroatoms. The summed E-state index contributed by atoms with van der Waals surface area (Å²) < 4.78 is 0. The smallest absolute Gasteiger partial charge is 0.269 e.